The van der Waals surface area contributed by atoms with Crippen molar-refractivity contribution in [1.82, 2.24) is 0 Å². The maximum absolute atomic E-state index is 4.42. The van der Waals surface area contributed by atoms with E-state index in [1.807, 2.05) is 6.20 Å². The molecule has 34 heavy (non-hydrogen) atoms. The third-order valence-electron chi connectivity index (χ3n) is 7.01. The van der Waals surface area contributed by atoms with Crippen molar-refractivity contribution >= 4 is 24.6 Å². The molecule has 0 spiro atoms. The van der Waals surface area contributed by atoms with Gasteiger partial charge in [-0.25, -0.2) is 0 Å². The van der Waals surface area contributed by atoms with Crippen LogP contribution in [0, 0.1) is 6.92 Å². The van der Waals surface area contributed by atoms with Crippen LogP contribution in [0.1, 0.15) is 37.8 Å². The SMILES string of the molecule is CC1=C2C3=NC=CC3=C1[Si]2(C)C.Cc1ccc(-c2cccc3[cH-]c(C(C)C)cc23)cc1.[Cl-].[Cl-].[Zr+3]. The Hall–Kier alpha value is -1.38. The third kappa shape index (κ3) is 4.58. The molecule has 1 aliphatic carbocycles. The van der Waals surface area contributed by atoms with Crippen molar-refractivity contribution in [3.05, 3.63) is 99.5 Å². The van der Waals surface area contributed by atoms with Crippen LogP contribution in [0.15, 0.2) is 93.4 Å². The molecule has 3 aliphatic heterocycles. The van der Waals surface area contributed by atoms with Gasteiger partial charge in [-0.3, -0.25) is 4.99 Å². The number of aliphatic imine (C=N–C) groups is 1. The van der Waals surface area contributed by atoms with E-state index in [9.17, 15) is 0 Å². The monoisotopic (exact) mass is 580 g/mol. The Labute approximate surface area is 236 Å². The number of allylic oxidation sites excluding steroid dienone is 5. The molecule has 7 rings (SSSR count). The van der Waals surface area contributed by atoms with Gasteiger partial charge in [0.1, 0.15) is 8.07 Å². The van der Waals surface area contributed by atoms with Gasteiger partial charge in [-0.2, -0.15) is 6.07 Å². The van der Waals surface area contributed by atoms with Crippen LogP contribution in [0.4, 0.5) is 0 Å². The molecule has 1 nitrogen and oxygen atoms in total. The second-order valence-corrected chi connectivity index (χ2v) is 14.1. The van der Waals surface area contributed by atoms with Gasteiger partial charge in [0.25, 0.3) is 0 Å². The van der Waals surface area contributed by atoms with Gasteiger partial charge in [-0.1, -0.05) is 68.4 Å². The average molecular weight is 583 g/mol. The fraction of sp³-hybridized carbons (Fsp3) is 0.241. The Bertz CT molecular complexity index is 1340. The molecule has 0 amide bonds. The Morgan fingerprint density at radius 3 is 2.18 bits per heavy atom. The first-order valence-corrected chi connectivity index (χ1v) is 14.3. The Kier molecular flexibility index (Phi) is 9.09. The van der Waals surface area contributed by atoms with E-state index in [4.69, 9.17) is 0 Å². The molecular formula is C29H30Cl2NSiZr. The zero-order chi connectivity index (χ0) is 21.9. The molecule has 5 heteroatoms. The summed E-state index contributed by atoms with van der Waals surface area (Å²) in [6.07, 6.45) is 4.10. The van der Waals surface area contributed by atoms with Crippen LogP contribution in [0.2, 0.25) is 13.1 Å². The van der Waals surface area contributed by atoms with E-state index in [0.29, 0.717) is 5.92 Å². The summed E-state index contributed by atoms with van der Waals surface area (Å²) in [5, 5.41) is 5.99. The predicted molar refractivity (Wildman–Crippen MR) is 138 cm³/mol. The molecule has 0 aromatic heterocycles. The quantitative estimate of drug-likeness (QED) is 0.324. The fourth-order valence-electron chi connectivity index (χ4n) is 5.45. The maximum Gasteiger partial charge on any atom is 3.00 e. The summed E-state index contributed by atoms with van der Waals surface area (Å²) in [7, 11) is -1.13. The van der Waals surface area contributed by atoms with Crippen LogP contribution in [-0.2, 0) is 26.2 Å². The third-order valence-corrected chi connectivity index (χ3v) is 10.8. The summed E-state index contributed by atoms with van der Waals surface area (Å²) >= 11 is 0. The first kappa shape index (κ1) is 28.9. The van der Waals surface area contributed by atoms with E-state index in [1.54, 1.807) is 10.4 Å². The molecule has 3 heterocycles. The molecule has 0 N–H and O–H groups in total. The Morgan fingerprint density at radius 2 is 1.59 bits per heavy atom. The molecule has 3 aromatic carbocycles. The largest absolute Gasteiger partial charge is 3.00 e. The van der Waals surface area contributed by atoms with Crippen molar-refractivity contribution in [3.8, 4) is 11.1 Å². The molecule has 0 atom stereocenters. The summed E-state index contributed by atoms with van der Waals surface area (Å²) in [5.74, 6) is 0.582. The summed E-state index contributed by atoms with van der Waals surface area (Å²) < 4.78 is 0. The van der Waals surface area contributed by atoms with Crippen molar-refractivity contribution in [1.29, 1.82) is 0 Å². The van der Waals surface area contributed by atoms with Crippen LogP contribution in [0.25, 0.3) is 21.9 Å². The maximum atomic E-state index is 4.42. The van der Waals surface area contributed by atoms with Gasteiger partial charge in [0.2, 0.25) is 0 Å². The number of nitrogens with zero attached hydrogens (tertiary/aromatic N) is 1. The second kappa shape index (κ2) is 10.7. The normalized spacial score (nSPS) is 16.1. The van der Waals surface area contributed by atoms with E-state index < -0.39 is 8.07 Å². The average Bonchev–Trinajstić information content (AvgIpc) is 3.45. The minimum atomic E-state index is -1.13. The summed E-state index contributed by atoms with van der Waals surface area (Å²) in [6, 6.07) is 20.0. The van der Waals surface area contributed by atoms with Gasteiger partial charge < -0.3 is 24.8 Å². The van der Waals surface area contributed by atoms with Gasteiger partial charge in [0.15, 0.2) is 0 Å². The first-order chi connectivity index (χ1) is 14.8. The molecule has 2 bridgehead atoms. The van der Waals surface area contributed by atoms with Crippen molar-refractivity contribution in [3.63, 3.8) is 0 Å². The van der Waals surface area contributed by atoms with E-state index in [0.717, 1.165) is 0 Å². The second-order valence-electron chi connectivity index (χ2n) is 9.82. The molecule has 1 radical (unpaired) electrons. The fourth-order valence-corrected chi connectivity index (χ4v) is 9.30. The van der Waals surface area contributed by atoms with Crippen molar-refractivity contribution in [2.45, 2.75) is 46.7 Å². The Balaban J connectivity index is 0.000000238. The molecular weight excluding hydrogens is 553 g/mol. The summed E-state index contributed by atoms with van der Waals surface area (Å²) in [5.41, 5.74) is 9.65. The van der Waals surface area contributed by atoms with Crippen LogP contribution in [0.5, 0.6) is 0 Å². The molecule has 0 fully saturated rings. The zero-order valence-corrected chi connectivity index (χ0v) is 25.6. The van der Waals surface area contributed by atoms with Crippen LogP contribution in [-0.4, -0.2) is 13.8 Å². The summed E-state index contributed by atoms with van der Waals surface area (Å²) in [6.45, 7) is 13.7. The smallest absolute Gasteiger partial charge is 1.00 e. The van der Waals surface area contributed by atoms with Crippen LogP contribution in [0.3, 0.4) is 0 Å². The minimum Gasteiger partial charge on any atom is -1.00 e. The van der Waals surface area contributed by atoms with E-state index in [1.165, 1.54) is 49.9 Å². The molecule has 0 saturated carbocycles. The minimum absolute atomic E-state index is 0. The van der Waals surface area contributed by atoms with Crippen molar-refractivity contribution < 1.29 is 51.0 Å². The number of aryl methyl sites for hydroxylation is 1. The van der Waals surface area contributed by atoms with Gasteiger partial charge >= 0.3 is 26.2 Å². The predicted octanol–water partition coefficient (Wildman–Crippen LogP) is 2.04. The standard InChI is InChI=1S/C19H19.C10H11NSi.2ClH.Zr/c1-13(2)17-11-16-5-4-6-18(19(16)12-17)15-9-7-14(3)8-10-15;1-6-9-7-4-5-11-8(7)10(6)12(9,2)3;;;/h4-13H,1-3H3;4-5H,1-3H3;2*1H;/q-1;;;;+3/p-2. The van der Waals surface area contributed by atoms with Gasteiger partial charge in [-0.05, 0) is 47.4 Å². The number of halogens is 2. The number of rotatable bonds is 2. The Morgan fingerprint density at radius 1 is 0.912 bits per heavy atom. The summed E-state index contributed by atoms with van der Waals surface area (Å²) in [4.78, 5) is 4.42. The molecule has 173 valence electrons. The number of hydrogen-bond acceptors (Lipinski definition) is 1. The molecule has 4 aliphatic rings. The molecule has 0 saturated heterocycles. The van der Waals surface area contributed by atoms with Gasteiger partial charge in [0.05, 0.1) is 5.71 Å². The first-order valence-electron chi connectivity index (χ1n) is 11.3. The number of benzene rings is 2. The molecule has 0 unspecified atom stereocenters. The topological polar surface area (TPSA) is 12.4 Å². The molecule has 3 aromatic rings. The van der Waals surface area contributed by atoms with E-state index >= 15 is 0 Å². The van der Waals surface area contributed by atoms with Crippen molar-refractivity contribution in [2.24, 2.45) is 4.99 Å². The van der Waals surface area contributed by atoms with Crippen LogP contribution < -0.4 is 24.8 Å². The van der Waals surface area contributed by atoms with E-state index in [2.05, 4.69) is 106 Å². The van der Waals surface area contributed by atoms with Crippen molar-refractivity contribution in [2.75, 3.05) is 0 Å². The number of fused-ring (bicyclic) bond motifs is 1. The van der Waals surface area contributed by atoms with E-state index in [-0.39, 0.29) is 51.0 Å². The number of hydrogen-bond donors (Lipinski definition) is 0. The van der Waals surface area contributed by atoms with Crippen LogP contribution >= 0.6 is 0 Å². The van der Waals surface area contributed by atoms with Gasteiger partial charge in [-0.15, -0.1) is 34.5 Å². The van der Waals surface area contributed by atoms with Gasteiger partial charge in [0, 0.05) is 11.8 Å². The zero-order valence-electron chi connectivity index (χ0n) is 20.6.